The minimum absolute atomic E-state index is 0.605. The Kier molecular flexibility index (Phi) is 4.58. The second-order valence-electron chi connectivity index (χ2n) is 5.85. The highest BCUT2D eigenvalue weighted by Gasteiger charge is 2.21. The fourth-order valence-corrected chi connectivity index (χ4v) is 3.77. The molecule has 0 bridgehead atoms. The lowest BCUT2D eigenvalue weighted by molar-refractivity contribution is 0.297. The molecular weight excluding hydrogens is 284 g/mol. The average Bonchev–Trinajstić information content (AvgIpc) is 2.73. The molecule has 1 unspecified atom stereocenters. The van der Waals surface area contributed by atoms with E-state index in [1.54, 1.807) is 0 Å². The van der Waals surface area contributed by atoms with E-state index >= 15 is 0 Å². The smallest absolute Gasteiger partial charge is 0.163 e. The van der Waals surface area contributed by atoms with Gasteiger partial charge in [-0.3, -0.25) is 4.99 Å². The zero-order valence-corrected chi connectivity index (χ0v) is 13.4. The first-order valence-corrected chi connectivity index (χ1v) is 8.46. The Morgan fingerprint density at radius 3 is 2.90 bits per heavy atom. The fraction of sp³-hybridized carbons (Fsp3) is 0.562. The number of amidine groups is 1. The van der Waals surface area contributed by atoms with Gasteiger partial charge in [0.15, 0.2) is 16.7 Å². The SMILES string of the molecule is CC(C)CC1CN=C(Nc2ccc3c(c2)OCCCO3)S1. The maximum atomic E-state index is 5.72. The number of nitrogens with zero attached hydrogens (tertiary/aromatic N) is 1. The average molecular weight is 306 g/mol. The van der Waals surface area contributed by atoms with Crippen LogP contribution in [0.15, 0.2) is 23.2 Å². The van der Waals surface area contributed by atoms with Gasteiger partial charge in [0.1, 0.15) is 0 Å². The summed E-state index contributed by atoms with van der Waals surface area (Å²) < 4.78 is 11.4. The standard InChI is InChI=1S/C16H22N2O2S/c1-11(2)8-13-10-17-16(21-13)18-12-4-5-14-15(9-12)20-7-3-6-19-14/h4-5,9,11,13H,3,6-8,10H2,1-2H3,(H,17,18). The van der Waals surface area contributed by atoms with Crippen molar-refractivity contribution in [3.05, 3.63) is 18.2 Å². The third-order valence-electron chi connectivity index (χ3n) is 3.45. The highest BCUT2D eigenvalue weighted by Crippen LogP contribution is 2.33. The molecule has 0 aliphatic carbocycles. The van der Waals surface area contributed by atoms with Crippen LogP contribution in [-0.4, -0.2) is 30.2 Å². The van der Waals surface area contributed by atoms with Crippen LogP contribution in [-0.2, 0) is 0 Å². The topological polar surface area (TPSA) is 42.9 Å². The number of ether oxygens (including phenoxy) is 2. The molecule has 0 saturated carbocycles. The molecule has 5 heteroatoms. The van der Waals surface area contributed by atoms with Gasteiger partial charge in [-0.15, -0.1) is 0 Å². The number of hydrogen-bond acceptors (Lipinski definition) is 5. The van der Waals surface area contributed by atoms with E-state index in [2.05, 4.69) is 24.2 Å². The van der Waals surface area contributed by atoms with Crippen molar-refractivity contribution in [2.24, 2.45) is 10.9 Å². The van der Waals surface area contributed by atoms with Crippen molar-refractivity contribution in [2.75, 3.05) is 25.1 Å². The minimum atomic E-state index is 0.605. The van der Waals surface area contributed by atoms with Crippen LogP contribution in [0.4, 0.5) is 5.69 Å². The molecule has 0 radical (unpaired) electrons. The van der Waals surface area contributed by atoms with E-state index in [0.29, 0.717) is 11.9 Å². The maximum absolute atomic E-state index is 5.72. The second-order valence-corrected chi connectivity index (χ2v) is 7.14. The number of hydrogen-bond donors (Lipinski definition) is 1. The van der Waals surface area contributed by atoms with Crippen LogP contribution in [0.2, 0.25) is 0 Å². The molecule has 0 saturated heterocycles. The molecular formula is C16H22N2O2S. The number of aliphatic imine (C=N–C) groups is 1. The van der Waals surface area contributed by atoms with Gasteiger partial charge in [0, 0.05) is 23.4 Å². The number of nitrogens with one attached hydrogen (secondary N) is 1. The fourth-order valence-electron chi connectivity index (χ4n) is 2.50. The molecule has 0 fully saturated rings. The normalized spacial score (nSPS) is 21.1. The lowest BCUT2D eigenvalue weighted by Gasteiger charge is -2.12. The number of anilines is 1. The summed E-state index contributed by atoms with van der Waals surface area (Å²) in [6, 6.07) is 5.99. The molecule has 0 amide bonds. The Labute approximate surface area is 130 Å². The third-order valence-corrected chi connectivity index (χ3v) is 4.58. The Morgan fingerprint density at radius 1 is 1.29 bits per heavy atom. The van der Waals surface area contributed by atoms with Crippen molar-refractivity contribution in [1.29, 1.82) is 0 Å². The molecule has 2 aliphatic heterocycles. The highest BCUT2D eigenvalue weighted by atomic mass is 32.2. The maximum Gasteiger partial charge on any atom is 0.163 e. The summed E-state index contributed by atoms with van der Waals surface area (Å²) in [4.78, 5) is 4.59. The molecule has 1 atom stereocenters. The van der Waals surface area contributed by atoms with Gasteiger partial charge in [0.25, 0.3) is 0 Å². The predicted molar refractivity (Wildman–Crippen MR) is 88.8 cm³/mol. The van der Waals surface area contributed by atoms with Gasteiger partial charge in [0.05, 0.1) is 19.8 Å². The molecule has 21 heavy (non-hydrogen) atoms. The quantitative estimate of drug-likeness (QED) is 0.923. The van der Waals surface area contributed by atoms with Gasteiger partial charge in [-0.25, -0.2) is 0 Å². The molecule has 1 aromatic carbocycles. The monoisotopic (exact) mass is 306 g/mol. The molecule has 1 aromatic rings. The van der Waals surface area contributed by atoms with Crippen molar-refractivity contribution in [3.63, 3.8) is 0 Å². The molecule has 114 valence electrons. The first kappa shape index (κ1) is 14.6. The van der Waals surface area contributed by atoms with E-state index in [0.717, 1.165) is 47.8 Å². The lowest BCUT2D eigenvalue weighted by atomic mass is 10.1. The van der Waals surface area contributed by atoms with E-state index in [9.17, 15) is 0 Å². The largest absolute Gasteiger partial charge is 0.490 e. The second kappa shape index (κ2) is 6.60. The third kappa shape index (κ3) is 3.84. The van der Waals surface area contributed by atoms with Crippen LogP contribution in [0.1, 0.15) is 26.7 Å². The van der Waals surface area contributed by atoms with Gasteiger partial charge < -0.3 is 14.8 Å². The van der Waals surface area contributed by atoms with Crippen molar-refractivity contribution in [2.45, 2.75) is 31.9 Å². The lowest BCUT2D eigenvalue weighted by Crippen LogP contribution is -2.09. The molecule has 3 rings (SSSR count). The minimum Gasteiger partial charge on any atom is -0.490 e. The first-order valence-electron chi connectivity index (χ1n) is 7.58. The number of benzene rings is 1. The summed E-state index contributed by atoms with van der Waals surface area (Å²) in [6.07, 6.45) is 2.14. The summed E-state index contributed by atoms with van der Waals surface area (Å²) in [5.41, 5.74) is 1.01. The molecule has 2 heterocycles. The zero-order valence-electron chi connectivity index (χ0n) is 12.6. The van der Waals surface area contributed by atoms with Gasteiger partial charge in [0.2, 0.25) is 0 Å². The van der Waals surface area contributed by atoms with Crippen LogP contribution < -0.4 is 14.8 Å². The number of thioether (sulfide) groups is 1. The Balaban J connectivity index is 1.62. The van der Waals surface area contributed by atoms with Gasteiger partial charge in [-0.2, -0.15) is 0 Å². The Hall–Kier alpha value is -1.36. The van der Waals surface area contributed by atoms with Gasteiger partial charge in [-0.1, -0.05) is 25.6 Å². The number of fused-ring (bicyclic) bond motifs is 1. The van der Waals surface area contributed by atoms with Crippen molar-refractivity contribution < 1.29 is 9.47 Å². The van der Waals surface area contributed by atoms with Gasteiger partial charge >= 0.3 is 0 Å². The van der Waals surface area contributed by atoms with Crippen molar-refractivity contribution in [3.8, 4) is 11.5 Å². The summed E-state index contributed by atoms with van der Waals surface area (Å²) in [7, 11) is 0. The van der Waals surface area contributed by atoms with E-state index in [4.69, 9.17) is 9.47 Å². The molecule has 2 aliphatic rings. The van der Waals surface area contributed by atoms with Crippen LogP contribution in [0.5, 0.6) is 11.5 Å². The Morgan fingerprint density at radius 2 is 2.10 bits per heavy atom. The molecule has 0 spiro atoms. The first-order chi connectivity index (χ1) is 10.2. The summed E-state index contributed by atoms with van der Waals surface area (Å²) in [5.74, 6) is 2.37. The van der Waals surface area contributed by atoms with Crippen LogP contribution >= 0.6 is 11.8 Å². The van der Waals surface area contributed by atoms with Crippen LogP contribution in [0, 0.1) is 5.92 Å². The summed E-state index contributed by atoms with van der Waals surface area (Å²) in [6.45, 7) is 6.86. The van der Waals surface area contributed by atoms with Crippen LogP contribution in [0.25, 0.3) is 0 Å². The summed E-state index contributed by atoms with van der Waals surface area (Å²) >= 11 is 1.84. The van der Waals surface area contributed by atoms with Crippen molar-refractivity contribution in [1.82, 2.24) is 0 Å². The molecule has 1 N–H and O–H groups in total. The van der Waals surface area contributed by atoms with Crippen molar-refractivity contribution >= 4 is 22.6 Å². The molecule has 4 nitrogen and oxygen atoms in total. The predicted octanol–water partition coefficient (Wildman–Crippen LogP) is 3.78. The summed E-state index contributed by atoms with van der Waals surface area (Å²) in [5, 5.41) is 5.01. The zero-order chi connectivity index (χ0) is 14.7. The van der Waals surface area contributed by atoms with Crippen LogP contribution in [0.3, 0.4) is 0 Å². The number of rotatable bonds is 3. The highest BCUT2D eigenvalue weighted by molar-refractivity contribution is 8.15. The van der Waals surface area contributed by atoms with E-state index < -0.39 is 0 Å². The van der Waals surface area contributed by atoms with E-state index in [-0.39, 0.29) is 0 Å². The van der Waals surface area contributed by atoms with Gasteiger partial charge in [-0.05, 0) is 24.5 Å². The van der Waals surface area contributed by atoms with E-state index in [1.165, 1.54) is 6.42 Å². The molecule has 0 aromatic heterocycles. The van der Waals surface area contributed by atoms with E-state index in [1.807, 2.05) is 30.0 Å². The Bertz CT molecular complexity index is 531.